The van der Waals surface area contributed by atoms with Gasteiger partial charge in [-0.3, -0.25) is 25.2 Å². The predicted molar refractivity (Wildman–Crippen MR) is 128 cm³/mol. The smallest absolute Gasteiger partial charge is 0.290 e. The lowest BCUT2D eigenvalue weighted by Crippen LogP contribution is -2.43. The molecule has 33 heavy (non-hydrogen) atoms. The van der Waals surface area contributed by atoms with Gasteiger partial charge in [-0.05, 0) is 30.0 Å². The molecule has 0 spiro atoms. The fraction of sp³-hybridized carbons (Fsp3) is 0.280. The van der Waals surface area contributed by atoms with Crippen molar-refractivity contribution in [2.45, 2.75) is 45.7 Å². The number of aryl methyl sites for hydroxylation is 2. The Morgan fingerprint density at radius 3 is 2.48 bits per heavy atom. The van der Waals surface area contributed by atoms with Gasteiger partial charge in [-0.1, -0.05) is 56.2 Å². The van der Waals surface area contributed by atoms with Crippen LogP contribution in [-0.2, 0) is 17.9 Å². The van der Waals surface area contributed by atoms with Crippen molar-refractivity contribution in [2.24, 2.45) is 0 Å². The van der Waals surface area contributed by atoms with Gasteiger partial charge in [-0.15, -0.1) is 0 Å². The molecule has 2 N–H and O–H groups in total. The van der Waals surface area contributed by atoms with Crippen LogP contribution in [0.3, 0.4) is 0 Å². The number of nitrogens with one attached hydrogen (secondary N) is 2. The second-order valence-corrected chi connectivity index (χ2v) is 7.95. The Bertz CT molecular complexity index is 1360. The van der Waals surface area contributed by atoms with E-state index in [9.17, 15) is 14.4 Å². The summed E-state index contributed by atoms with van der Waals surface area (Å²) in [6, 6.07) is 16.8. The minimum absolute atomic E-state index is 0.110. The zero-order valence-electron chi connectivity index (χ0n) is 18.6. The number of aromatic nitrogens is 3. The molecule has 8 heteroatoms. The molecule has 0 aliphatic rings. The lowest BCUT2D eigenvalue weighted by Gasteiger charge is -2.12. The number of hydrazine groups is 1. The topological polar surface area (TPSA) is 98.0 Å². The first kappa shape index (κ1) is 22.3. The normalized spacial score (nSPS) is 11.1. The van der Waals surface area contributed by atoms with Crippen LogP contribution in [0.15, 0.2) is 65.6 Å². The Morgan fingerprint density at radius 1 is 0.909 bits per heavy atom. The fourth-order valence-corrected chi connectivity index (χ4v) is 3.87. The summed E-state index contributed by atoms with van der Waals surface area (Å²) >= 11 is 0. The van der Waals surface area contributed by atoms with E-state index in [1.165, 1.54) is 4.68 Å². The summed E-state index contributed by atoms with van der Waals surface area (Å²) in [7, 11) is 0. The molecular weight excluding hydrogens is 418 g/mol. The first-order valence-corrected chi connectivity index (χ1v) is 11.2. The van der Waals surface area contributed by atoms with E-state index in [-0.39, 0.29) is 23.6 Å². The fourth-order valence-electron chi connectivity index (χ4n) is 3.87. The number of fused-ring (bicyclic) bond motifs is 2. The summed E-state index contributed by atoms with van der Waals surface area (Å²) in [5, 5.41) is 6.31. The zero-order chi connectivity index (χ0) is 23.2. The highest BCUT2D eigenvalue weighted by Crippen LogP contribution is 2.15. The number of rotatable bonds is 8. The lowest BCUT2D eigenvalue weighted by atomic mass is 10.1. The van der Waals surface area contributed by atoms with E-state index in [0.717, 1.165) is 30.2 Å². The Morgan fingerprint density at radius 2 is 1.67 bits per heavy atom. The molecule has 2 heterocycles. The highest BCUT2D eigenvalue weighted by Gasteiger charge is 2.17. The molecule has 2 aromatic carbocycles. The van der Waals surface area contributed by atoms with Gasteiger partial charge in [-0.25, -0.2) is 4.68 Å². The maximum atomic E-state index is 12.9. The molecule has 8 nitrogen and oxygen atoms in total. The standard InChI is InChI=1S/C25H27N5O3/c1-2-3-8-15-30-25(33)20-11-6-5-10-19(20)23(28-30)24(32)27-26-22(31)14-17-29-16-13-18-9-4-7-12-21(18)29/h4-7,9-13,16H,2-3,8,14-15,17H2,1H3,(H,26,31)(H,27,32). The molecular formula is C25H27N5O3. The van der Waals surface area contributed by atoms with Crippen LogP contribution in [0, 0.1) is 0 Å². The molecule has 2 amide bonds. The van der Waals surface area contributed by atoms with Gasteiger partial charge < -0.3 is 4.57 Å². The van der Waals surface area contributed by atoms with E-state index < -0.39 is 5.91 Å². The lowest BCUT2D eigenvalue weighted by molar-refractivity contribution is -0.122. The number of benzene rings is 2. The van der Waals surface area contributed by atoms with Crippen LogP contribution in [0.5, 0.6) is 0 Å². The number of amides is 2. The third kappa shape index (κ3) is 4.95. The van der Waals surface area contributed by atoms with Gasteiger partial charge in [0.05, 0.1) is 5.39 Å². The van der Waals surface area contributed by atoms with Crippen molar-refractivity contribution >= 4 is 33.5 Å². The SMILES string of the molecule is CCCCCn1nc(C(=O)NNC(=O)CCn2ccc3ccccc32)c2ccccc2c1=O. The summed E-state index contributed by atoms with van der Waals surface area (Å²) in [4.78, 5) is 38.0. The number of carbonyl (C=O) groups excluding carboxylic acids is 2. The quantitative estimate of drug-likeness (QED) is 0.321. The number of carbonyl (C=O) groups is 2. The van der Waals surface area contributed by atoms with Gasteiger partial charge >= 0.3 is 0 Å². The highest BCUT2D eigenvalue weighted by molar-refractivity contribution is 6.05. The van der Waals surface area contributed by atoms with E-state index in [4.69, 9.17) is 0 Å². The summed E-state index contributed by atoms with van der Waals surface area (Å²) in [5.41, 5.74) is 5.85. The predicted octanol–water partition coefficient (Wildman–Crippen LogP) is 3.39. The number of hydrogen-bond donors (Lipinski definition) is 2. The highest BCUT2D eigenvalue weighted by atomic mass is 16.2. The van der Waals surface area contributed by atoms with Crippen molar-refractivity contribution in [1.29, 1.82) is 0 Å². The average molecular weight is 446 g/mol. The van der Waals surface area contributed by atoms with Gasteiger partial charge in [0.1, 0.15) is 0 Å². The zero-order valence-corrected chi connectivity index (χ0v) is 18.6. The second kappa shape index (κ2) is 10.1. The van der Waals surface area contributed by atoms with Crippen LogP contribution in [0.4, 0.5) is 0 Å². The van der Waals surface area contributed by atoms with Crippen molar-refractivity contribution in [3.63, 3.8) is 0 Å². The van der Waals surface area contributed by atoms with Crippen molar-refractivity contribution in [1.82, 2.24) is 25.2 Å². The van der Waals surface area contributed by atoms with Crippen LogP contribution in [0.2, 0.25) is 0 Å². The van der Waals surface area contributed by atoms with Crippen LogP contribution in [-0.4, -0.2) is 26.2 Å². The molecule has 0 unspecified atom stereocenters. The molecule has 0 atom stereocenters. The van der Waals surface area contributed by atoms with Crippen molar-refractivity contribution < 1.29 is 9.59 Å². The van der Waals surface area contributed by atoms with E-state index in [0.29, 0.717) is 23.9 Å². The molecule has 0 saturated heterocycles. The number of para-hydroxylation sites is 1. The van der Waals surface area contributed by atoms with E-state index >= 15 is 0 Å². The average Bonchev–Trinajstić information content (AvgIpc) is 3.26. The number of nitrogens with zero attached hydrogens (tertiary/aromatic N) is 3. The van der Waals surface area contributed by atoms with Gasteiger partial charge in [-0.2, -0.15) is 5.10 Å². The largest absolute Gasteiger partial charge is 0.347 e. The maximum Gasteiger partial charge on any atom is 0.290 e. The van der Waals surface area contributed by atoms with Crippen LogP contribution in [0.25, 0.3) is 21.7 Å². The van der Waals surface area contributed by atoms with Crippen molar-refractivity contribution in [3.8, 4) is 0 Å². The Labute approximate surface area is 191 Å². The summed E-state index contributed by atoms with van der Waals surface area (Å²) in [5.74, 6) is -0.878. The van der Waals surface area contributed by atoms with Crippen LogP contribution >= 0.6 is 0 Å². The Balaban J connectivity index is 1.44. The first-order chi connectivity index (χ1) is 16.1. The third-order valence-corrected chi connectivity index (χ3v) is 5.63. The molecule has 4 rings (SSSR count). The molecule has 0 aliphatic heterocycles. The monoisotopic (exact) mass is 445 g/mol. The van der Waals surface area contributed by atoms with Gasteiger partial charge in [0.25, 0.3) is 11.5 Å². The van der Waals surface area contributed by atoms with E-state index in [1.807, 2.05) is 41.1 Å². The summed E-state index contributed by atoms with van der Waals surface area (Å²) in [6.07, 6.45) is 4.92. The molecule has 2 aromatic heterocycles. The number of unbranched alkanes of at least 4 members (excludes halogenated alkanes) is 2. The molecule has 0 bridgehead atoms. The molecule has 0 aliphatic carbocycles. The maximum absolute atomic E-state index is 12.9. The van der Waals surface area contributed by atoms with Gasteiger partial charge in [0, 0.05) is 36.6 Å². The van der Waals surface area contributed by atoms with Gasteiger partial charge in [0.15, 0.2) is 5.69 Å². The summed E-state index contributed by atoms with van der Waals surface area (Å²) < 4.78 is 3.34. The molecule has 4 aromatic rings. The van der Waals surface area contributed by atoms with Crippen LogP contribution in [0.1, 0.15) is 43.1 Å². The van der Waals surface area contributed by atoms with E-state index in [2.05, 4.69) is 22.9 Å². The van der Waals surface area contributed by atoms with Crippen molar-refractivity contribution in [2.75, 3.05) is 0 Å². The summed E-state index contributed by atoms with van der Waals surface area (Å²) in [6.45, 7) is 3.00. The minimum Gasteiger partial charge on any atom is -0.347 e. The first-order valence-electron chi connectivity index (χ1n) is 11.2. The van der Waals surface area contributed by atoms with Crippen molar-refractivity contribution in [3.05, 3.63) is 76.8 Å². The minimum atomic E-state index is -0.560. The molecule has 0 fully saturated rings. The van der Waals surface area contributed by atoms with Gasteiger partial charge in [0.2, 0.25) is 5.91 Å². The Kier molecular flexibility index (Phi) is 6.83. The molecule has 0 radical (unpaired) electrons. The Hall–Kier alpha value is -3.94. The third-order valence-electron chi connectivity index (χ3n) is 5.63. The molecule has 0 saturated carbocycles. The second-order valence-electron chi connectivity index (χ2n) is 7.95. The van der Waals surface area contributed by atoms with Crippen LogP contribution < -0.4 is 16.4 Å². The molecule has 170 valence electrons. The van der Waals surface area contributed by atoms with E-state index in [1.54, 1.807) is 24.3 Å². The number of hydrogen-bond acceptors (Lipinski definition) is 4.